The number of aryl methyl sites for hydroxylation is 1. The van der Waals surface area contributed by atoms with Crippen LogP contribution in [0, 0.1) is 6.92 Å². The van der Waals surface area contributed by atoms with Crippen molar-refractivity contribution in [2.45, 2.75) is 13.3 Å². The van der Waals surface area contributed by atoms with Crippen LogP contribution in [0.3, 0.4) is 0 Å². The van der Waals surface area contributed by atoms with E-state index in [0.29, 0.717) is 15.8 Å². The number of aromatic nitrogens is 1. The summed E-state index contributed by atoms with van der Waals surface area (Å²) < 4.78 is 5.52. The molecule has 0 unspecified atom stereocenters. The standard InChI is InChI=1S/C14H14BrN3O3S/c1-8-17-10(7-22-8)5-13(19)18-16-6-9-3-11(15)14(20)12(4-9)21-2/h3-4,6-7,20H,5H2,1-2H3,(H,18,19)/b16-6+. The number of ether oxygens (including phenoxy) is 1. The topological polar surface area (TPSA) is 83.8 Å². The lowest BCUT2D eigenvalue weighted by Gasteiger charge is -2.06. The highest BCUT2D eigenvalue weighted by molar-refractivity contribution is 9.10. The summed E-state index contributed by atoms with van der Waals surface area (Å²) >= 11 is 4.72. The molecule has 0 aliphatic carbocycles. The van der Waals surface area contributed by atoms with Gasteiger partial charge in [-0.15, -0.1) is 11.3 Å². The lowest BCUT2D eigenvalue weighted by Crippen LogP contribution is -2.19. The molecule has 0 spiro atoms. The van der Waals surface area contributed by atoms with Crippen molar-refractivity contribution in [1.82, 2.24) is 10.4 Å². The molecular weight excluding hydrogens is 370 g/mol. The molecule has 8 heteroatoms. The van der Waals surface area contributed by atoms with Crippen LogP contribution in [0.5, 0.6) is 11.5 Å². The van der Waals surface area contributed by atoms with E-state index in [1.165, 1.54) is 24.7 Å². The fourth-order valence-corrected chi connectivity index (χ4v) is 2.77. The summed E-state index contributed by atoms with van der Waals surface area (Å²) in [4.78, 5) is 15.9. The Hall–Kier alpha value is -1.93. The van der Waals surface area contributed by atoms with Gasteiger partial charge in [-0.2, -0.15) is 5.10 Å². The van der Waals surface area contributed by atoms with E-state index in [0.717, 1.165) is 10.7 Å². The van der Waals surface area contributed by atoms with Crippen LogP contribution in [0.4, 0.5) is 0 Å². The van der Waals surface area contributed by atoms with Gasteiger partial charge in [-0.05, 0) is 40.5 Å². The number of hydrogen-bond acceptors (Lipinski definition) is 6. The number of benzene rings is 1. The first-order valence-electron chi connectivity index (χ1n) is 6.29. The predicted octanol–water partition coefficient (Wildman–Crippen LogP) is 2.62. The number of nitrogens with zero attached hydrogens (tertiary/aromatic N) is 2. The van der Waals surface area contributed by atoms with Gasteiger partial charge >= 0.3 is 0 Å². The maximum atomic E-state index is 11.7. The number of thiazole rings is 1. The number of rotatable bonds is 5. The zero-order valence-electron chi connectivity index (χ0n) is 12.0. The highest BCUT2D eigenvalue weighted by atomic mass is 79.9. The molecule has 0 saturated heterocycles. The van der Waals surface area contributed by atoms with Gasteiger partial charge in [0.2, 0.25) is 5.91 Å². The maximum absolute atomic E-state index is 11.7. The number of nitrogens with one attached hydrogen (secondary N) is 1. The monoisotopic (exact) mass is 383 g/mol. The van der Waals surface area contributed by atoms with Gasteiger partial charge < -0.3 is 9.84 Å². The molecule has 22 heavy (non-hydrogen) atoms. The molecule has 0 saturated carbocycles. The van der Waals surface area contributed by atoms with Crippen LogP contribution in [0.25, 0.3) is 0 Å². The minimum Gasteiger partial charge on any atom is -0.503 e. The summed E-state index contributed by atoms with van der Waals surface area (Å²) in [5.41, 5.74) is 3.84. The summed E-state index contributed by atoms with van der Waals surface area (Å²) in [5, 5.41) is 16.4. The van der Waals surface area contributed by atoms with Gasteiger partial charge in [0, 0.05) is 5.38 Å². The molecule has 1 aromatic heterocycles. The van der Waals surface area contributed by atoms with Crippen LogP contribution in [0.15, 0.2) is 27.1 Å². The Morgan fingerprint density at radius 3 is 3.00 bits per heavy atom. The van der Waals surface area contributed by atoms with Gasteiger partial charge in [0.25, 0.3) is 0 Å². The van der Waals surface area contributed by atoms with Crippen molar-refractivity contribution in [2.75, 3.05) is 7.11 Å². The number of hydrazone groups is 1. The van der Waals surface area contributed by atoms with Crippen molar-refractivity contribution in [3.63, 3.8) is 0 Å². The van der Waals surface area contributed by atoms with Crippen LogP contribution >= 0.6 is 27.3 Å². The van der Waals surface area contributed by atoms with Gasteiger partial charge in [-0.1, -0.05) is 0 Å². The number of aromatic hydroxyl groups is 1. The van der Waals surface area contributed by atoms with Crippen LogP contribution in [-0.4, -0.2) is 29.3 Å². The Kier molecular flexibility index (Phi) is 5.51. The van der Waals surface area contributed by atoms with E-state index < -0.39 is 0 Å². The minimum absolute atomic E-state index is 0.0163. The second-order valence-electron chi connectivity index (χ2n) is 4.38. The van der Waals surface area contributed by atoms with E-state index in [-0.39, 0.29) is 18.1 Å². The minimum atomic E-state index is -0.244. The van der Waals surface area contributed by atoms with Crippen molar-refractivity contribution in [2.24, 2.45) is 5.10 Å². The smallest absolute Gasteiger partial charge is 0.246 e. The van der Waals surface area contributed by atoms with Crippen molar-refractivity contribution >= 4 is 39.4 Å². The second-order valence-corrected chi connectivity index (χ2v) is 6.30. The van der Waals surface area contributed by atoms with Gasteiger partial charge in [-0.3, -0.25) is 4.79 Å². The lowest BCUT2D eigenvalue weighted by atomic mass is 10.2. The molecule has 0 fully saturated rings. The average molecular weight is 384 g/mol. The molecule has 0 radical (unpaired) electrons. The van der Waals surface area contributed by atoms with E-state index in [1.54, 1.807) is 12.1 Å². The molecule has 0 atom stereocenters. The third-order valence-electron chi connectivity index (χ3n) is 2.68. The maximum Gasteiger partial charge on any atom is 0.246 e. The molecule has 1 amide bonds. The molecule has 2 rings (SSSR count). The third-order valence-corrected chi connectivity index (χ3v) is 4.11. The molecule has 0 aliphatic heterocycles. The number of phenolic OH excluding ortho intramolecular Hbond substituents is 1. The van der Waals surface area contributed by atoms with Crippen LogP contribution in [-0.2, 0) is 11.2 Å². The number of methoxy groups -OCH3 is 1. The predicted molar refractivity (Wildman–Crippen MR) is 88.7 cm³/mol. The first-order valence-corrected chi connectivity index (χ1v) is 7.96. The van der Waals surface area contributed by atoms with Crippen LogP contribution in [0.2, 0.25) is 0 Å². The summed E-state index contributed by atoms with van der Waals surface area (Å²) in [5.74, 6) is 0.0917. The number of phenols is 1. The average Bonchev–Trinajstić information content (AvgIpc) is 2.87. The summed E-state index contributed by atoms with van der Waals surface area (Å²) in [6.07, 6.45) is 1.65. The van der Waals surface area contributed by atoms with E-state index in [9.17, 15) is 9.90 Å². The van der Waals surface area contributed by atoms with Gasteiger partial charge in [-0.25, -0.2) is 10.4 Å². The highest BCUT2D eigenvalue weighted by Gasteiger charge is 2.08. The van der Waals surface area contributed by atoms with E-state index in [1.807, 2.05) is 12.3 Å². The lowest BCUT2D eigenvalue weighted by molar-refractivity contribution is -0.120. The number of halogens is 1. The SMILES string of the molecule is COc1cc(/C=N/NC(=O)Cc2csc(C)n2)cc(Br)c1O. The van der Waals surface area contributed by atoms with E-state index in [4.69, 9.17) is 4.74 Å². The molecule has 116 valence electrons. The number of amides is 1. The summed E-state index contributed by atoms with van der Waals surface area (Å²) in [6, 6.07) is 3.27. The Morgan fingerprint density at radius 1 is 1.59 bits per heavy atom. The number of hydrogen-bond donors (Lipinski definition) is 2. The zero-order valence-corrected chi connectivity index (χ0v) is 14.4. The molecule has 2 N–H and O–H groups in total. The number of carbonyl (C=O) groups excluding carboxylic acids is 1. The first-order chi connectivity index (χ1) is 10.5. The van der Waals surface area contributed by atoms with Gasteiger partial charge in [0.1, 0.15) is 0 Å². The Labute approximate surface area is 140 Å². The molecule has 1 heterocycles. The summed E-state index contributed by atoms with van der Waals surface area (Å²) in [6.45, 7) is 1.89. The third kappa shape index (κ3) is 4.28. The van der Waals surface area contributed by atoms with E-state index in [2.05, 4.69) is 31.4 Å². The van der Waals surface area contributed by atoms with Crippen LogP contribution < -0.4 is 10.2 Å². The van der Waals surface area contributed by atoms with Crippen molar-refractivity contribution < 1.29 is 14.6 Å². The van der Waals surface area contributed by atoms with Gasteiger partial charge in [0.15, 0.2) is 11.5 Å². The largest absolute Gasteiger partial charge is 0.503 e. The Morgan fingerprint density at radius 2 is 2.36 bits per heavy atom. The number of carbonyl (C=O) groups is 1. The first kappa shape index (κ1) is 16.4. The quantitative estimate of drug-likeness (QED) is 0.613. The zero-order chi connectivity index (χ0) is 16.1. The highest BCUT2D eigenvalue weighted by Crippen LogP contribution is 2.34. The van der Waals surface area contributed by atoms with Crippen LogP contribution in [0.1, 0.15) is 16.3 Å². The van der Waals surface area contributed by atoms with Crippen molar-refractivity contribution in [3.8, 4) is 11.5 Å². The van der Waals surface area contributed by atoms with E-state index >= 15 is 0 Å². The van der Waals surface area contributed by atoms with Crippen molar-refractivity contribution in [3.05, 3.63) is 38.3 Å². The van der Waals surface area contributed by atoms with Gasteiger partial charge in [0.05, 0.1) is 34.9 Å². The van der Waals surface area contributed by atoms with Crippen molar-refractivity contribution in [1.29, 1.82) is 0 Å². The Bertz CT molecular complexity index is 715. The molecule has 6 nitrogen and oxygen atoms in total. The molecule has 2 aromatic rings. The second kappa shape index (κ2) is 7.37. The Balaban J connectivity index is 1.97. The molecule has 1 aromatic carbocycles. The fraction of sp³-hybridized carbons (Fsp3) is 0.214. The fourth-order valence-electron chi connectivity index (χ4n) is 1.70. The molecular formula is C14H14BrN3O3S. The normalized spacial score (nSPS) is 10.9. The molecule has 0 bridgehead atoms. The summed E-state index contributed by atoms with van der Waals surface area (Å²) in [7, 11) is 1.46. The molecule has 0 aliphatic rings.